The van der Waals surface area contributed by atoms with Crippen molar-refractivity contribution in [3.63, 3.8) is 0 Å². The topological polar surface area (TPSA) is 29.0 Å². The van der Waals surface area contributed by atoms with Crippen molar-refractivity contribution in [3.05, 3.63) is 30.5 Å². The molecular formula is C15H19N3. The van der Waals surface area contributed by atoms with Gasteiger partial charge in [-0.25, -0.2) is 4.98 Å². The van der Waals surface area contributed by atoms with E-state index in [9.17, 15) is 0 Å². The highest BCUT2D eigenvalue weighted by molar-refractivity contribution is 5.75. The zero-order chi connectivity index (χ0) is 12.5. The zero-order valence-corrected chi connectivity index (χ0v) is 11.0. The van der Waals surface area contributed by atoms with Crippen molar-refractivity contribution in [1.29, 1.82) is 0 Å². The minimum atomic E-state index is 0.738. The molecule has 0 N–H and O–H groups in total. The Morgan fingerprint density at radius 1 is 1.06 bits per heavy atom. The molecule has 2 atom stereocenters. The van der Waals surface area contributed by atoms with Gasteiger partial charge < -0.3 is 4.90 Å². The van der Waals surface area contributed by atoms with Gasteiger partial charge in [-0.2, -0.15) is 0 Å². The van der Waals surface area contributed by atoms with Crippen molar-refractivity contribution < 1.29 is 0 Å². The van der Waals surface area contributed by atoms with E-state index in [1.165, 1.54) is 6.42 Å². The Kier molecular flexibility index (Phi) is 2.90. The van der Waals surface area contributed by atoms with E-state index in [2.05, 4.69) is 23.7 Å². The van der Waals surface area contributed by atoms with Crippen LogP contribution in [0, 0.1) is 11.8 Å². The van der Waals surface area contributed by atoms with E-state index in [4.69, 9.17) is 4.98 Å². The van der Waals surface area contributed by atoms with Gasteiger partial charge in [-0.05, 0) is 30.4 Å². The molecule has 1 aliphatic rings. The molecule has 0 bridgehead atoms. The molecule has 0 radical (unpaired) electrons. The average molecular weight is 241 g/mol. The van der Waals surface area contributed by atoms with Crippen LogP contribution in [0.15, 0.2) is 30.5 Å². The molecular weight excluding hydrogens is 222 g/mol. The van der Waals surface area contributed by atoms with Crippen LogP contribution in [0.3, 0.4) is 0 Å². The predicted octanol–water partition coefficient (Wildman–Crippen LogP) is 3.11. The maximum atomic E-state index is 4.73. The Morgan fingerprint density at radius 2 is 1.72 bits per heavy atom. The lowest BCUT2D eigenvalue weighted by Gasteiger charge is -2.35. The Hall–Kier alpha value is -1.64. The summed E-state index contributed by atoms with van der Waals surface area (Å²) in [6.07, 6.45) is 3.23. The summed E-state index contributed by atoms with van der Waals surface area (Å²) in [6, 6.07) is 8.06. The molecule has 1 aliphatic heterocycles. The Balaban J connectivity index is 1.93. The Morgan fingerprint density at radius 3 is 2.44 bits per heavy atom. The number of para-hydroxylation sites is 2. The third-order valence-electron chi connectivity index (χ3n) is 3.63. The number of aromatic nitrogens is 2. The van der Waals surface area contributed by atoms with E-state index in [1.54, 1.807) is 0 Å². The number of benzene rings is 1. The highest BCUT2D eigenvalue weighted by Gasteiger charge is 2.22. The second-order valence-electron chi connectivity index (χ2n) is 5.57. The van der Waals surface area contributed by atoms with E-state index < -0.39 is 0 Å². The van der Waals surface area contributed by atoms with Crippen LogP contribution >= 0.6 is 0 Å². The fourth-order valence-corrected chi connectivity index (χ4v) is 2.95. The quantitative estimate of drug-likeness (QED) is 0.768. The molecule has 0 aliphatic carbocycles. The summed E-state index contributed by atoms with van der Waals surface area (Å²) in [5, 5.41) is 0. The molecule has 1 aromatic carbocycles. The van der Waals surface area contributed by atoms with Crippen LogP contribution in [-0.2, 0) is 0 Å². The van der Waals surface area contributed by atoms with Gasteiger partial charge in [-0.3, -0.25) is 4.98 Å². The second-order valence-corrected chi connectivity index (χ2v) is 5.57. The molecule has 3 rings (SSSR count). The monoisotopic (exact) mass is 241 g/mol. The van der Waals surface area contributed by atoms with Crippen molar-refractivity contribution in [3.8, 4) is 0 Å². The van der Waals surface area contributed by atoms with Crippen molar-refractivity contribution in [2.24, 2.45) is 11.8 Å². The third kappa shape index (κ3) is 2.17. The number of nitrogens with zero attached hydrogens (tertiary/aromatic N) is 3. The van der Waals surface area contributed by atoms with Crippen LogP contribution in [0.25, 0.3) is 11.0 Å². The predicted molar refractivity (Wildman–Crippen MR) is 74.7 cm³/mol. The second kappa shape index (κ2) is 4.56. The van der Waals surface area contributed by atoms with Crippen LogP contribution in [0.2, 0.25) is 0 Å². The van der Waals surface area contributed by atoms with Crippen LogP contribution in [0.5, 0.6) is 0 Å². The Labute approximate surface area is 108 Å². The van der Waals surface area contributed by atoms with Gasteiger partial charge in [-0.1, -0.05) is 26.0 Å². The molecule has 0 spiro atoms. The lowest BCUT2D eigenvalue weighted by molar-refractivity contribution is 0.355. The van der Waals surface area contributed by atoms with Crippen LogP contribution < -0.4 is 4.90 Å². The smallest absolute Gasteiger partial charge is 0.147 e. The summed E-state index contributed by atoms with van der Waals surface area (Å²) >= 11 is 0. The van der Waals surface area contributed by atoms with E-state index >= 15 is 0 Å². The first-order valence-electron chi connectivity index (χ1n) is 6.69. The normalized spacial score (nSPS) is 24.4. The average Bonchev–Trinajstić information content (AvgIpc) is 2.37. The summed E-state index contributed by atoms with van der Waals surface area (Å²) in [5.74, 6) is 2.50. The number of anilines is 1. The summed E-state index contributed by atoms with van der Waals surface area (Å²) in [5.41, 5.74) is 1.96. The van der Waals surface area contributed by atoms with Crippen molar-refractivity contribution in [1.82, 2.24) is 9.97 Å². The lowest BCUT2D eigenvalue weighted by Crippen LogP contribution is -2.39. The van der Waals surface area contributed by atoms with Gasteiger partial charge >= 0.3 is 0 Å². The molecule has 2 heterocycles. The van der Waals surface area contributed by atoms with Crippen LogP contribution in [0.4, 0.5) is 5.82 Å². The fourth-order valence-electron chi connectivity index (χ4n) is 2.95. The molecule has 1 saturated heterocycles. The van der Waals surface area contributed by atoms with Crippen LogP contribution in [0.1, 0.15) is 20.3 Å². The number of hydrogen-bond donors (Lipinski definition) is 0. The summed E-state index contributed by atoms with van der Waals surface area (Å²) in [4.78, 5) is 11.6. The maximum Gasteiger partial charge on any atom is 0.147 e. The van der Waals surface area contributed by atoms with Gasteiger partial charge in [-0.15, -0.1) is 0 Å². The van der Waals surface area contributed by atoms with E-state index in [1.807, 2.05) is 30.5 Å². The minimum Gasteiger partial charge on any atom is -0.355 e. The lowest BCUT2D eigenvalue weighted by atomic mass is 9.92. The first kappa shape index (κ1) is 11.5. The summed E-state index contributed by atoms with van der Waals surface area (Å²) in [7, 11) is 0. The summed E-state index contributed by atoms with van der Waals surface area (Å²) in [6.45, 7) is 6.82. The number of rotatable bonds is 1. The van der Waals surface area contributed by atoms with Gasteiger partial charge in [0.2, 0.25) is 0 Å². The molecule has 94 valence electrons. The number of hydrogen-bond acceptors (Lipinski definition) is 3. The van der Waals surface area contributed by atoms with Gasteiger partial charge in [0.1, 0.15) is 5.82 Å². The molecule has 1 fully saturated rings. The minimum absolute atomic E-state index is 0.738. The SMILES string of the molecule is C[C@H]1C[C@H](C)CN(c2cnc3ccccc3n2)C1. The first-order chi connectivity index (χ1) is 8.72. The third-order valence-corrected chi connectivity index (χ3v) is 3.63. The van der Waals surface area contributed by atoms with E-state index in [-0.39, 0.29) is 0 Å². The van der Waals surface area contributed by atoms with Crippen molar-refractivity contribution >= 4 is 16.9 Å². The molecule has 0 amide bonds. The van der Waals surface area contributed by atoms with Gasteiger partial charge in [0.15, 0.2) is 0 Å². The van der Waals surface area contributed by atoms with Gasteiger partial charge in [0.25, 0.3) is 0 Å². The highest BCUT2D eigenvalue weighted by Crippen LogP contribution is 2.25. The molecule has 2 aromatic rings. The molecule has 1 aromatic heterocycles. The molecule has 0 unspecified atom stereocenters. The molecule has 3 heteroatoms. The largest absolute Gasteiger partial charge is 0.355 e. The Bertz CT molecular complexity index is 542. The maximum absolute atomic E-state index is 4.73. The van der Waals surface area contributed by atoms with Crippen molar-refractivity contribution in [2.75, 3.05) is 18.0 Å². The molecule has 18 heavy (non-hydrogen) atoms. The fraction of sp³-hybridized carbons (Fsp3) is 0.467. The van der Waals surface area contributed by atoms with E-state index in [0.29, 0.717) is 0 Å². The summed E-state index contributed by atoms with van der Waals surface area (Å²) < 4.78 is 0. The molecule has 3 nitrogen and oxygen atoms in total. The number of fused-ring (bicyclic) bond motifs is 1. The van der Waals surface area contributed by atoms with Gasteiger partial charge in [0.05, 0.1) is 17.2 Å². The van der Waals surface area contributed by atoms with Gasteiger partial charge in [0, 0.05) is 13.1 Å². The standard InChI is InChI=1S/C15H19N3/c1-11-7-12(2)10-18(9-11)15-8-16-13-5-3-4-6-14(13)17-15/h3-6,8,11-12H,7,9-10H2,1-2H3/t11-,12-/m0/s1. The zero-order valence-electron chi connectivity index (χ0n) is 11.0. The first-order valence-corrected chi connectivity index (χ1v) is 6.69. The molecule has 0 saturated carbocycles. The highest BCUT2D eigenvalue weighted by atomic mass is 15.2. The van der Waals surface area contributed by atoms with E-state index in [0.717, 1.165) is 41.8 Å². The number of piperidine rings is 1. The van der Waals surface area contributed by atoms with Crippen molar-refractivity contribution in [2.45, 2.75) is 20.3 Å². The van der Waals surface area contributed by atoms with Crippen LogP contribution in [-0.4, -0.2) is 23.1 Å².